The maximum absolute atomic E-state index is 11.5. The van der Waals surface area contributed by atoms with Gasteiger partial charge in [0.25, 0.3) is 10.0 Å². The van der Waals surface area contributed by atoms with E-state index < -0.39 is 32.9 Å². The van der Waals surface area contributed by atoms with Crippen molar-refractivity contribution in [2.24, 2.45) is 0 Å². The van der Waals surface area contributed by atoms with Crippen LogP contribution in [0.25, 0.3) is 0 Å². The molecular formula is C8H11NO6S. The summed E-state index contributed by atoms with van der Waals surface area (Å²) < 4.78 is 29.6. The molecule has 0 aliphatic carbocycles. The summed E-state index contributed by atoms with van der Waals surface area (Å²) >= 11 is 0. The molecule has 1 aromatic heterocycles. The number of aromatic carboxylic acids is 1. The van der Waals surface area contributed by atoms with Crippen LogP contribution >= 0.6 is 0 Å². The Bertz CT molecular complexity index is 474. The van der Waals surface area contributed by atoms with Crippen molar-refractivity contribution in [2.45, 2.75) is 18.1 Å². The van der Waals surface area contributed by atoms with Crippen molar-refractivity contribution < 1.29 is 27.8 Å². The highest BCUT2D eigenvalue weighted by Gasteiger charge is 2.20. The van der Waals surface area contributed by atoms with Gasteiger partial charge in [-0.1, -0.05) is 0 Å². The Hall–Kier alpha value is -1.38. The number of carboxylic acid groups (broad SMARTS) is 1. The molecule has 3 N–H and O–H groups in total. The van der Waals surface area contributed by atoms with Crippen LogP contribution in [-0.4, -0.2) is 37.2 Å². The van der Waals surface area contributed by atoms with E-state index in [0.29, 0.717) is 0 Å². The molecule has 0 aromatic carbocycles. The molecule has 16 heavy (non-hydrogen) atoms. The van der Waals surface area contributed by atoms with Crippen molar-refractivity contribution in [3.05, 3.63) is 17.9 Å². The number of hydrogen-bond acceptors (Lipinski definition) is 5. The van der Waals surface area contributed by atoms with E-state index in [1.165, 1.54) is 6.92 Å². The van der Waals surface area contributed by atoms with Crippen molar-refractivity contribution in [2.75, 3.05) is 6.54 Å². The van der Waals surface area contributed by atoms with E-state index in [1.54, 1.807) is 0 Å². The zero-order valence-corrected chi connectivity index (χ0v) is 9.19. The topological polar surface area (TPSA) is 117 Å². The fourth-order valence-corrected chi connectivity index (χ4v) is 1.93. The van der Waals surface area contributed by atoms with E-state index in [-0.39, 0.29) is 6.54 Å². The summed E-state index contributed by atoms with van der Waals surface area (Å²) in [5.41, 5.74) is 0. The summed E-state index contributed by atoms with van der Waals surface area (Å²) in [4.78, 5) is 10.5. The minimum absolute atomic E-state index is 0.175. The van der Waals surface area contributed by atoms with Gasteiger partial charge in [0.2, 0.25) is 10.9 Å². The molecule has 0 spiro atoms. The fraction of sp³-hybridized carbons (Fsp3) is 0.375. The van der Waals surface area contributed by atoms with E-state index in [9.17, 15) is 13.2 Å². The standard InChI is InChI=1S/C8H11NO6S/c1-5(10)4-9-16(13,14)7-3-2-6(15-7)8(11)12/h2-3,5,9-10H,4H2,1H3,(H,11,12)/t5-/m0/s1. The molecule has 1 atom stereocenters. The molecule has 0 radical (unpaired) electrons. The number of aliphatic hydroxyl groups is 1. The molecule has 0 aliphatic rings. The molecule has 0 saturated carbocycles. The molecule has 1 aromatic rings. The molecule has 0 saturated heterocycles. The van der Waals surface area contributed by atoms with Gasteiger partial charge in [0, 0.05) is 6.54 Å². The van der Waals surface area contributed by atoms with Crippen LogP contribution in [0.1, 0.15) is 17.5 Å². The van der Waals surface area contributed by atoms with E-state index >= 15 is 0 Å². The summed E-state index contributed by atoms with van der Waals surface area (Å²) in [6.07, 6.45) is -0.844. The molecule has 90 valence electrons. The van der Waals surface area contributed by atoms with Crippen LogP contribution in [-0.2, 0) is 10.0 Å². The lowest BCUT2D eigenvalue weighted by Crippen LogP contribution is -2.30. The minimum atomic E-state index is -3.91. The monoisotopic (exact) mass is 249 g/mol. The highest BCUT2D eigenvalue weighted by Crippen LogP contribution is 2.13. The summed E-state index contributed by atoms with van der Waals surface area (Å²) in [5.74, 6) is -1.81. The SMILES string of the molecule is C[C@H](O)CNS(=O)(=O)c1ccc(C(=O)O)o1. The number of sulfonamides is 1. The molecule has 1 rings (SSSR count). The molecular weight excluding hydrogens is 238 g/mol. The molecule has 8 heteroatoms. The zero-order valence-electron chi connectivity index (χ0n) is 8.37. The van der Waals surface area contributed by atoms with Gasteiger partial charge in [0.05, 0.1) is 6.10 Å². The van der Waals surface area contributed by atoms with Crippen molar-refractivity contribution in [1.29, 1.82) is 0 Å². The van der Waals surface area contributed by atoms with Crippen molar-refractivity contribution in [3.63, 3.8) is 0 Å². The van der Waals surface area contributed by atoms with Gasteiger partial charge in [-0.15, -0.1) is 0 Å². The Kier molecular flexibility index (Phi) is 3.68. The van der Waals surface area contributed by atoms with Gasteiger partial charge >= 0.3 is 5.97 Å². The van der Waals surface area contributed by atoms with E-state index in [2.05, 4.69) is 9.14 Å². The average Bonchev–Trinajstić information content (AvgIpc) is 2.64. The lowest BCUT2D eigenvalue weighted by atomic mass is 10.4. The van der Waals surface area contributed by atoms with Crippen LogP contribution in [0.15, 0.2) is 21.6 Å². The maximum atomic E-state index is 11.5. The van der Waals surface area contributed by atoms with Crippen molar-refractivity contribution >= 4 is 16.0 Å². The van der Waals surface area contributed by atoms with Crippen LogP contribution in [0.2, 0.25) is 0 Å². The Morgan fingerprint density at radius 3 is 2.62 bits per heavy atom. The number of hydrogen-bond donors (Lipinski definition) is 3. The summed E-state index contributed by atoms with van der Waals surface area (Å²) in [7, 11) is -3.91. The van der Waals surface area contributed by atoms with E-state index in [0.717, 1.165) is 12.1 Å². The first-order valence-electron chi connectivity index (χ1n) is 4.34. The molecule has 0 unspecified atom stereocenters. The van der Waals surface area contributed by atoms with E-state index in [1.807, 2.05) is 0 Å². The Labute approximate surface area is 91.7 Å². The highest BCUT2D eigenvalue weighted by molar-refractivity contribution is 7.89. The number of furan rings is 1. The quantitative estimate of drug-likeness (QED) is 0.655. The number of aliphatic hydroxyl groups excluding tert-OH is 1. The Morgan fingerprint density at radius 2 is 2.19 bits per heavy atom. The first kappa shape index (κ1) is 12.7. The van der Waals surface area contributed by atoms with Gasteiger partial charge < -0.3 is 14.6 Å². The first-order chi connectivity index (χ1) is 7.33. The van der Waals surface area contributed by atoms with Gasteiger partial charge in [-0.05, 0) is 19.1 Å². The van der Waals surface area contributed by atoms with Gasteiger partial charge in [-0.2, -0.15) is 0 Å². The molecule has 0 aliphatic heterocycles. The number of rotatable bonds is 5. The Balaban J connectivity index is 2.86. The lowest BCUT2D eigenvalue weighted by Gasteiger charge is -2.05. The third-order valence-electron chi connectivity index (χ3n) is 1.63. The van der Waals surface area contributed by atoms with Crippen LogP contribution < -0.4 is 4.72 Å². The normalized spacial score (nSPS) is 13.6. The second-order valence-electron chi connectivity index (χ2n) is 3.12. The third kappa shape index (κ3) is 3.05. The fourth-order valence-electron chi connectivity index (χ4n) is 0.881. The molecule has 1 heterocycles. The lowest BCUT2D eigenvalue weighted by molar-refractivity contribution is 0.0656. The van der Waals surface area contributed by atoms with Crippen molar-refractivity contribution in [3.8, 4) is 0 Å². The number of carbonyl (C=O) groups is 1. The minimum Gasteiger partial charge on any atom is -0.475 e. The van der Waals surface area contributed by atoms with E-state index in [4.69, 9.17) is 10.2 Å². The molecule has 0 bridgehead atoms. The van der Waals surface area contributed by atoms with Gasteiger partial charge in [0.15, 0.2) is 0 Å². The van der Waals surface area contributed by atoms with Crippen LogP contribution in [0, 0.1) is 0 Å². The van der Waals surface area contributed by atoms with Gasteiger partial charge in [-0.3, -0.25) is 0 Å². The molecule has 7 nitrogen and oxygen atoms in total. The second-order valence-corrected chi connectivity index (χ2v) is 4.82. The first-order valence-corrected chi connectivity index (χ1v) is 5.82. The van der Waals surface area contributed by atoms with Crippen LogP contribution in [0.5, 0.6) is 0 Å². The average molecular weight is 249 g/mol. The molecule has 0 amide bonds. The number of carboxylic acids is 1. The Morgan fingerprint density at radius 1 is 1.56 bits per heavy atom. The van der Waals surface area contributed by atoms with Gasteiger partial charge in [0.1, 0.15) is 0 Å². The van der Waals surface area contributed by atoms with Gasteiger partial charge in [-0.25, -0.2) is 17.9 Å². The summed E-state index contributed by atoms with van der Waals surface area (Å²) in [6, 6.07) is 2.08. The summed E-state index contributed by atoms with van der Waals surface area (Å²) in [6.45, 7) is 1.23. The van der Waals surface area contributed by atoms with Crippen LogP contribution in [0.3, 0.4) is 0 Å². The molecule has 0 fully saturated rings. The predicted octanol–water partition coefficient (Wildman–Crippen LogP) is -0.363. The zero-order chi connectivity index (χ0) is 12.3. The second kappa shape index (κ2) is 4.64. The van der Waals surface area contributed by atoms with Crippen LogP contribution in [0.4, 0.5) is 0 Å². The smallest absolute Gasteiger partial charge is 0.371 e. The maximum Gasteiger partial charge on any atom is 0.371 e. The van der Waals surface area contributed by atoms with Crippen molar-refractivity contribution in [1.82, 2.24) is 4.72 Å². The highest BCUT2D eigenvalue weighted by atomic mass is 32.2. The number of nitrogens with one attached hydrogen (secondary N) is 1. The largest absolute Gasteiger partial charge is 0.475 e. The third-order valence-corrected chi connectivity index (χ3v) is 2.92. The summed E-state index contributed by atoms with van der Waals surface area (Å²) in [5, 5.41) is 16.9. The predicted molar refractivity (Wildman–Crippen MR) is 52.5 cm³/mol.